The lowest BCUT2D eigenvalue weighted by Gasteiger charge is -2.05. The second-order valence-corrected chi connectivity index (χ2v) is 6.98. The van der Waals surface area contributed by atoms with Gasteiger partial charge in [0.25, 0.3) is 11.6 Å². The molecule has 0 saturated carbocycles. The first kappa shape index (κ1) is 20.2. The number of benzene rings is 2. The lowest BCUT2D eigenvalue weighted by Crippen LogP contribution is -2.32. The van der Waals surface area contributed by atoms with Crippen LogP contribution in [0.1, 0.15) is 22.8 Å². The summed E-state index contributed by atoms with van der Waals surface area (Å²) in [5.74, 6) is -1.01. The topological polar surface area (TPSA) is 114 Å². The van der Waals surface area contributed by atoms with E-state index in [1.54, 1.807) is 0 Å². The molecule has 0 aliphatic rings. The Bertz CT molecular complexity index is 1050. The number of nitrogens with zero attached hydrogens (tertiary/aromatic N) is 2. The molecule has 0 radical (unpaired) electrons. The Morgan fingerprint density at radius 2 is 1.93 bits per heavy atom. The maximum atomic E-state index is 12.1. The minimum atomic E-state index is -0.584. The van der Waals surface area contributed by atoms with Gasteiger partial charge in [0.15, 0.2) is 5.13 Å². The molecule has 0 atom stereocenters. The summed E-state index contributed by atoms with van der Waals surface area (Å²) in [6.07, 6.45) is 0.959. The molecule has 2 amide bonds. The summed E-state index contributed by atoms with van der Waals surface area (Å²) >= 11 is 1.29. The molecule has 1 aromatic heterocycles. The first-order valence-corrected chi connectivity index (χ1v) is 9.71. The number of carbonyl (C=O) groups is 2. The van der Waals surface area contributed by atoms with Gasteiger partial charge in [0.1, 0.15) is 0 Å². The van der Waals surface area contributed by atoms with Crippen molar-refractivity contribution in [2.24, 2.45) is 0 Å². The van der Waals surface area contributed by atoms with Crippen molar-refractivity contribution >= 4 is 34.0 Å². The number of rotatable bonds is 7. The summed E-state index contributed by atoms with van der Waals surface area (Å²) in [5, 5.41) is 18.1. The van der Waals surface area contributed by atoms with E-state index in [9.17, 15) is 19.7 Å². The average molecular weight is 410 g/mol. The van der Waals surface area contributed by atoms with Gasteiger partial charge < -0.3 is 10.6 Å². The van der Waals surface area contributed by atoms with Gasteiger partial charge >= 0.3 is 0 Å². The number of aryl methyl sites for hydroxylation is 1. The fourth-order valence-corrected chi connectivity index (χ4v) is 3.30. The Kier molecular flexibility index (Phi) is 6.30. The molecule has 0 saturated heterocycles. The first-order valence-electron chi connectivity index (χ1n) is 8.83. The molecule has 148 valence electrons. The second kappa shape index (κ2) is 9.07. The number of aromatic nitrogens is 1. The molecule has 0 aliphatic carbocycles. The number of nitro benzene ring substituents is 1. The molecule has 2 N–H and O–H groups in total. The largest absolute Gasteiger partial charge is 0.343 e. The molecule has 1 heterocycles. The van der Waals surface area contributed by atoms with Gasteiger partial charge in [-0.15, -0.1) is 11.3 Å². The first-order chi connectivity index (χ1) is 14.0. The van der Waals surface area contributed by atoms with E-state index in [0.717, 1.165) is 23.7 Å². The molecule has 9 heteroatoms. The quantitative estimate of drug-likeness (QED) is 0.456. The van der Waals surface area contributed by atoms with Crippen LogP contribution in [0.4, 0.5) is 10.8 Å². The highest BCUT2D eigenvalue weighted by Gasteiger charge is 2.13. The van der Waals surface area contributed by atoms with Crippen LogP contribution < -0.4 is 10.6 Å². The van der Waals surface area contributed by atoms with E-state index in [2.05, 4.69) is 22.5 Å². The second-order valence-electron chi connectivity index (χ2n) is 6.13. The normalized spacial score (nSPS) is 10.4. The van der Waals surface area contributed by atoms with Crippen LogP contribution in [0.3, 0.4) is 0 Å². The highest BCUT2D eigenvalue weighted by atomic mass is 32.1. The molecule has 0 bridgehead atoms. The molecule has 29 heavy (non-hydrogen) atoms. The third kappa shape index (κ3) is 5.23. The molecule has 0 unspecified atom stereocenters. The predicted molar refractivity (Wildman–Crippen MR) is 111 cm³/mol. The van der Waals surface area contributed by atoms with Gasteiger partial charge in [-0.1, -0.05) is 37.3 Å². The number of nitro groups is 1. The van der Waals surface area contributed by atoms with Gasteiger partial charge in [-0.3, -0.25) is 19.7 Å². The van der Waals surface area contributed by atoms with Crippen LogP contribution in [0, 0.1) is 10.1 Å². The number of carbonyl (C=O) groups excluding carboxylic acids is 2. The van der Waals surface area contributed by atoms with Crippen molar-refractivity contribution in [1.29, 1.82) is 0 Å². The van der Waals surface area contributed by atoms with Crippen LogP contribution in [-0.4, -0.2) is 28.3 Å². The molecule has 3 rings (SSSR count). The molecule has 0 fully saturated rings. The molecule has 3 aromatic rings. The summed E-state index contributed by atoms with van der Waals surface area (Å²) in [4.78, 5) is 38.8. The van der Waals surface area contributed by atoms with E-state index in [4.69, 9.17) is 0 Å². The molecule has 8 nitrogen and oxygen atoms in total. The van der Waals surface area contributed by atoms with Crippen molar-refractivity contribution in [3.63, 3.8) is 0 Å². The summed E-state index contributed by atoms with van der Waals surface area (Å²) in [6.45, 7) is 1.81. The van der Waals surface area contributed by atoms with E-state index in [-0.39, 0.29) is 17.8 Å². The van der Waals surface area contributed by atoms with Crippen molar-refractivity contribution in [1.82, 2.24) is 10.3 Å². The third-order valence-corrected chi connectivity index (χ3v) is 4.89. The number of amides is 2. The molecule has 0 aliphatic heterocycles. The average Bonchev–Trinajstić information content (AvgIpc) is 3.20. The molecular weight excluding hydrogens is 392 g/mol. The van der Waals surface area contributed by atoms with Crippen LogP contribution in [0.15, 0.2) is 53.9 Å². The number of anilines is 1. The van der Waals surface area contributed by atoms with Crippen molar-refractivity contribution in [3.05, 3.63) is 75.2 Å². The van der Waals surface area contributed by atoms with Gasteiger partial charge in [-0.25, -0.2) is 4.98 Å². The van der Waals surface area contributed by atoms with Gasteiger partial charge in [0, 0.05) is 28.6 Å². The summed E-state index contributed by atoms with van der Waals surface area (Å²) in [5.41, 5.74) is 2.87. The lowest BCUT2D eigenvalue weighted by atomic mass is 10.1. The van der Waals surface area contributed by atoms with E-state index in [0.29, 0.717) is 5.13 Å². The Hall–Kier alpha value is -3.59. The van der Waals surface area contributed by atoms with E-state index >= 15 is 0 Å². The monoisotopic (exact) mass is 410 g/mol. The van der Waals surface area contributed by atoms with Crippen LogP contribution >= 0.6 is 11.3 Å². The zero-order valence-electron chi connectivity index (χ0n) is 15.5. The van der Waals surface area contributed by atoms with Crippen LogP contribution in [0.25, 0.3) is 11.3 Å². The fourth-order valence-electron chi connectivity index (χ4n) is 2.56. The van der Waals surface area contributed by atoms with E-state index in [1.165, 1.54) is 35.1 Å². The predicted octanol–water partition coefficient (Wildman–Crippen LogP) is 3.65. The number of thiazole rings is 1. The maximum absolute atomic E-state index is 12.1. The van der Waals surface area contributed by atoms with E-state index in [1.807, 2.05) is 29.6 Å². The molecular formula is C20H18N4O4S. The van der Waals surface area contributed by atoms with Crippen LogP contribution in [0.5, 0.6) is 0 Å². The maximum Gasteiger partial charge on any atom is 0.270 e. The number of hydrogen-bond donors (Lipinski definition) is 2. The summed E-state index contributed by atoms with van der Waals surface area (Å²) in [7, 11) is 0. The highest BCUT2D eigenvalue weighted by molar-refractivity contribution is 7.14. The van der Waals surface area contributed by atoms with Crippen LogP contribution in [-0.2, 0) is 11.2 Å². The number of hydrogen-bond acceptors (Lipinski definition) is 6. The lowest BCUT2D eigenvalue weighted by molar-refractivity contribution is -0.384. The SMILES string of the molecule is CCc1ccc(-c2csc(NC(=O)CNC(=O)c3cccc([N+](=O)[O-])c3)n2)cc1. The van der Waals surface area contributed by atoms with Crippen molar-refractivity contribution in [2.45, 2.75) is 13.3 Å². The smallest absolute Gasteiger partial charge is 0.270 e. The zero-order valence-corrected chi connectivity index (χ0v) is 16.4. The third-order valence-electron chi connectivity index (χ3n) is 4.14. The summed E-state index contributed by atoms with van der Waals surface area (Å²) < 4.78 is 0. The van der Waals surface area contributed by atoms with Crippen molar-refractivity contribution in [3.8, 4) is 11.3 Å². The minimum absolute atomic E-state index is 0.110. The van der Waals surface area contributed by atoms with Gasteiger partial charge in [0.05, 0.1) is 17.2 Å². The van der Waals surface area contributed by atoms with Gasteiger partial charge in [0.2, 0.25) is 5.91 Å². The molecule has 0 spiro atoms. The Morgan fingerprint density at radius 3 is 2.62 bits per heavy atom. The Morgan fingerprint density at radius 1 is 1.17 bits per heavy atom. The highest BCUT2D eigenvalue weighted by Crippen LogP contribution is 2.25. The zero-order chi connectivity index (χ0) is 20.8. The molecule has 2 aromatic carbocycles. The van der Waals surface area contributed by atoms with E-state index < -0.39 is 16.7 Å². The van der Waals surface area contributed by atoms with Gasteiger partial charge in [-0.2, -0.15) is 0 Å². The number of nitrogens with one attached hydrogen (secondary N) is 2. The van der Waals surface area contributed by atoms with Crippen LogP contribution in [0.2, 0.25) is 0 Å². The Balaban J connectivity index is 1.55. The van der Waals surface area contributed by atoms with Gasteiger partial charge in [-0.05, 0) is 18.1 Å². The number of non-ortho nitro benzene ring substituents is 1. The Labute approximate surface area is 170 Å². The van der Waals surface area contributed by atoms with Crippen molar-refractivity contribution in [2.75, 3.05) is 11.9 Å². The fraction of sp³-hybridized carbons (Fsp3) is 0.150. The minimum Gasteiger partial charge on any atom is -0.343 e. The summed E-state index contributed by atoms with van der Waals surface area (Å²) in [6, 6.07) is 13.3. The standard InChI is InChI=1S/C20H18N4O4S/c1-2-13-6-8-14(9-7-13)17-12-29-20(22-17)23-18(25)11-21-19(26)15-4-3-5-16(10-15)24(27)28/h3-10,12H,2,11H2,1H3,(H,21,26)(H,22,23,25). The van der Waals surface area contributed by atoms with Crippen molar-refractivity contribution < 1.29 is 14.5 Å².